The number of hydrogen-bond acceptors (Lipinski definition) is 2. The van der Waals surface area contributed by atoms with Crippen LogP contribution in [0.3, 0.4) is 0 Å². The molecule has 106 valence electrons. The fourth-order valence-electron chi connectivity index (χ4n) is 2.93. The quantitative estimate of drug-likeness (QED) is 0.734. The van der Waals surface area contributed by atoms with E-state index < -0.39 is 0 Å². The summed E-state index contributed by atoms with van der Waals surface area (Å²) in [6.07, 6.45) is 10.5. The molecule has 0 bridgehead atoms. The first-order chi connectivity index (χ1) is 8.69. The molecule has 1 amide bonds. The van der Waals surface area contributed by atoms with E-state index >= 15 is 0 Å². The Kier molecular flexibility index (Phi) is 7.33. The van der Waals surface area contributed by atoms with Crippen LogP contribution in [0.1, 0.15) is 71.6 Å². The standard InChI is InChI=1S/C15H30N2O/c1-3-5-11-13(16)15(18)17-14(4-2)12-9-7-6-8-10-12/h12-14H,3-11,16H2,1-2H3,(H,17,18). The Morgan fingerprint density at radius 3 is 2.50 bits per heavy atom. The van der Waals surface area contributed by atoms with E-state index in [1.165, 1.54) is 32.1 Å². The van der Waals surface area contributed by atoms with Crippen LogP contribution in [0.15, 0.2) is 0 Å². The van der Waals surface area contributed by atoms with Crippen LogP contribution in [0.25, 0.3) is 0 Å². The molecule has 0 spiro atoms. The van der Waals surface area contributed by atoms with Crippen molar-refractivity contribution in [3.63, 3.8) is 0 Å². The summed E-state index contributed by atoms with van der Waals surface area (Å²) in [4.78, 5) is 12.0. The molecule has 0 heterocycles. The molecule has 1 aliphatic carbocycles. The van der Waals surface area contributed by atoms with Crippen LogP contribution in [0.4, 0.5) is 0 Å². The molecule has 0 aromatic rings. The van der Waals surface area contributed by atoms with Gasteiger partial charge in [-0.25, -0.2) is 0 Å². The molecule has 0 aliphatic heterocycles. The molecule has 1 saturated carbocycles. The molecule has 2 atom stereocenters. The van der Waals surface area contributed by atoms with E-state index in [9.17, 15) is 4.79 Å². The molecular formula is C15H30N2O. The summed E-state index contributed by atoms with van der Waals surface area (Å²) in [6, 6.07) is 0.0214. The van der Waals surface area contributed by atoms with Crippen LogP contribution >= 0.6 is 0 Å². The molecule has 0 radical (unpaired) electrons. The van der Waals surface area contributed by atoms with E-state index in [0.717, 1.165) is 25.7 Å². The van der Waals surface area contributed by atoms with E-state index in [-0.39, 0.29) is 11.9 Å². The Labute approximate surface area is 112 Å². The third kappa shape index (κ3) is 4.97. The third-order valence-corrected chi connectivity index (χ3v) is 4.19. The van der Waals surface area contributed by atoms with Crippen LogP contribution in [0.5, 0.6) is 0 Å². The van der Waals surface area contributed by atoms with Gasteiger partial charge in [-0.15, -0.1) is 0 Å². The maximum atomic E-state index is 12.0. The van der Waals surface area contributed by atoms with Gasteiger partial charge in [0.2, 0.25) is 5.91 Å². The van der Waals surface area contributed by atoms with Gasteiger partial charge >= 0.3 is 0 Å². The van der Waals surface area contributed by atoms with Crippen molar-refractivity contribution >= 4 is 5.91 Å². The van der Waals surface area contributed by atoms with Gasteiger partial charge < -0.3 is 11.1 Å². The van der Waals surface area contributed by atoms with E-state index in [0.29, 0.717) is 12.0 Å². The second-order valence-corrected chi connectivity index (χ2v) is 5.67. The normalized spacial score (nSPS) is 20.4. The highest BCUT2D eigenvalue weighted by Crippen LogP contribution is 2.27. The first-order valence-corrected chi connectivity index (χ1v) is 7.75. The number of hydrogen-bond donors (Lipinski definition) is 2. The van der Waals surface area contributed by atoms with Crippen LogP contribution in [0.2, 0.25) is 0 Å². The van der Waals surface area contributed by atoms with Gasteiger partial charge in [-0.05, 0) is 31.6 Å². The highest BCUT2D eigenvalue weighted by atomic mass is 16.2. The highest BCUT2D eigenvalue weighted by molar-refractivity contribution is 5.81. The summed E-state index contributed by atoms with van der Waals surface area (Å²) in [7, 11) is 0. The molecule has 1 rings (SSSR count). The maximum absolute atomic E-state index is 12.0. The zero-order valence-electron chi connectivity index (χ0n) is 12.1. The molecule has 0 aromatic carbocycles. The molecule has 1 fully saturated rings. The first kappa shape index (κ1) is 15.5. The second kappa shape index (κ2) is 8.52. The van der Waals surface area contributed by atoms with Crippen molar-refractivity contribution in [1.82, 2.24) is 5.32 Å². The van der Waals surface area contributed by atoms with Gasteiger partial charge in [0.25, 0.3) is 0 Å². The van der Waals surface area contributed by atoms with Gasteiger partial charge in [0.1, 0.15) is 0 Å². The van der Waals surface area contributed by atoms with Crippen molar-refractivity contribution in [2.24, 2.45) is 11.7 Å². The number of carbonyl (C=O) groups is 1. The largest absolute Gasteiger partial charge is 0.352 e. The topological polar surface area (TPSA) is 55.1 Å². The lowest BCUT2D eigenvalue weighted by Gasteiger charge is -2.31. The van der Waals surface area contributed by atoms with Crippen LogP contribution < -0.4 is 11.1 Å². The van der Waals surface area contributed by atoms with Gasteiger partial charge in [-0.2, -0.15) is 0 Å². The summed E-state index contributed by atoms with van der Waals surface area (Å²) in [6.45, 7) is 4.29. The summed E-state index contributed by atoms with van der Waals surface area (Å²) in [5.74, 6) is 0.729. The predicted molar refractivity (Wildman–Crippen MR) is 76.3 cm³/mol. The van der Waals surface area contributed by atoms with Gasteiger partial charge in [-0.1, -0.05) is 46.0 Å². The lowest BCUT2D eigenvalue weighted by atomic mass is 9.83. The van der Waals surface area contributed by atoms with E-state index in [1.807, 2.05) is 0 Å². The van der Waals surface area contributed by atoms with Crippen LogP contribution in [-0.4, -0.2) is 18.0 Å². The number of nitrogens with one attached hydrogen (secondary N) is 1. The van der Waals surface area contributed by atoms with Gasteiger partial charge in [0, 0.05) is 6.04 Å². The van der Waals surface area contributed by atoms with E-state index in [2.05, 4.69) is 19.2 Å². The molecule has 3 nitrogen and oxygen atoms in total. The minimum absolute atomic E-state index is 0.0564. The highest BCUT2D eigenvalue weighted by Gasteiger charge is 2.25. The Bertz CT molecular complexity index is 237. The van der Waals surface area contributed by atoms with Crippen molar-refractivity contribution < 1.29 is 4.79 Å². The molecule has 0 aromatic heterocycles. The van der Waals surface area contributed by atoms with Gasteiger partial charge in [-0.3, -0.25) is 4.79 Å². The smallest absolute Gasteiger partial charge is 0.237 e. The predicted octanol–water partition coefficient (Wildman–Crippen LogP) is 2.98. The Hall–Kier alpha value is -0.570. The fraction of sp³-hybridized carbons (Fsp3) is 0.933. The van der Waals surface area contributed by atoms with Crippen molar-refractivity contribution in [2.75, 3.05) is 0 Å². The molecule has 18 heavy (non-hydrogen) atoms. The fourth-order valence-corrected chi connectivity index (χ4v) is 2.93. The monoisotopic (exact) mass is 254 g/mol. The average molecular weight is 254 g/mol. The maximum Gasteiger partial charge on any atom is 0.237 e. The van der Waals surface area contributed by atoms with Crippen molar-refractivity contribution in [3.05, 3.63) is 0 Å². The Morgan fingerprint density at radius 2 is 1.94 bits per heavy atom. The Balaban J connectivity index is 2.38. The number of carbonyl (C=O) groups excluding carboxylic acids is 1. The minimum Gasteiger partial charge on any atom is -0.352 e. The minimum atomic E-state index is -0.317. The summed E-state index contributed by atoms with van der Waals surface area (Å²) in [5.41, 5.74) is 5.92. The first-order valence-electron chi connectivity index (χ1n) is 7.75. The van der Waals surface area contributed by atoms with Crippen LogP contribution in [0, 0.1) is 5.92 Å². The number of unbranched alkanes of at least 4 members (excludes halogenated alkanes) is 1. The number of nitrogens with two attached hydrogens (primary N) is 1. The summed E-state index contributed by atoms with van der Waals surface area (Å²) < 4.78 is 0. The van der Waals surface area contributed by atoms with Crippen molar-refractivity contribution in [1.29, 1.82) is 0 Å². The number of rotatable bonds is 7. The second-order valence-electron chi connectivity index (χ2n) is 5.67. The molecular weight excluding hydrogens is 224 g/mol. The molecule has 2 unspecified atom stereocenters. The van der Waals surface area contributed by atoms with Crippen molar-refractivity contribution in [3.8, 4) is 0 Å². The molecule has 0 saturated heterocycles. The van der Waals surface area contributed by atoms with Crippen molar-refractivity contribution in [2.45, 2.75) is 83.7 Å². The third-order valence-electron chi connectivity index (χ3n) is 4.19. The number of amides is 1. The SMILES string of the molecule is CCCCC(N)C(=O)NC(CC)C1CCCCC1. The lowest BCUT2D eigenvalue weighted by Crippen LogP contribution is -2.48. The molecule has 1 aliphatic rings. The Morgan fingerprint density at radius 1 is 1.28 bits per heavy atom. The zero-order chi connectivity index (χ0) is 13.4. The lowest BCUT2D eigenvalue weighted by molar-refractivity contribution is -0.123. The van der Waals surface area contributed by atoms with Crippen LogP contribution in [-0.2, 0) is 4.79 Å². The zero-order valence-corrected chi connectivity index (χ0v) is 12.1. The van der Waals surface area contributed by atoms with E-state index in [4.69, 9.17) is 5.73 Å². The summed E-state index contributed by atoms with van der Waals surface area (Å²) in [5, 5.41) is 3.18. The molecule has 3 heteroatoms. The van der Waals surface area contributed by atoms with Gasteiger partial charge in [0.05, 0.1) is 6.04 Å². The van der Waals surface area contributed by atoms with E-state index in [1.54, 1.807) is 0 Å². The average Bonchev–Trinajstić information content (AvgIpc) is 2.42. The molecule has 3 N–H and O–H groups in total. The summed E-state index contributed by atoms with van der Waals surface area (Å²) >= 11 is 0. The van der Waals surface area contributed by atoms with Gasteiger partial charge in [0.15, 0.2) is 0 Å².